The van der Waals surface area contributed by atoms with Gasteiger partial charge in [0, 0.05) is 33.4 Å². The van der Waals surface area contributed by atoms with Gasteiger partial charge < -0.3 is 18.0 Å². The molecule has 0 aromatic rings. The molecule has 0 spiro atoms. The average molecular weight is 262 g/mol. The predicted molar refractivity (Wildman–Crippen MR) is 66.5 cm³/mol. The first-order valence-electron chi connectivity index (χ1n) is 5.48. The van der Waals surface area contributed by atoms with E-state index in [1.165, 1.54) is 0 Å². The molecule has 100 valence electrons. The smallest absolute Gasteiger partial charge is 0.463 e. The number of esters is 1. The predicted octanol–water partition coefficient (Wildman–Crippen LogP) is 1.62. The molecule has 0 aromatic carbocycles. The highest BCUT2D eigenvalue weighted by Crippen LogP contribution is 2.21. The number of ether oxygens (including phenoxy) is 1. The second-order valence-corrected chi connectivity index (χ2v) is 6.76. The molecule has 0 N–H and O–H groups in total. The summed E-state index contributed by atoms with van der Waals surface area (Å²) in [5, 5.41) is 0. The van der Waals surface area contributed by atoms with Crippen LogP contribution in [0.5, 0.6) is 0 Å². The van der Waals surface area contributed by atoms with Crippen molar-refractivity contribution in [3.05, 3.63) is 12.7 Å². The lowest BCUT2D eigenvalue weighted by atomic mass is 10.1. The number of carbonyl (C=O) groups is 1. The van der Waals surface area contributed by atoms with Gasteiger partial charge in [0.05, 0.1) is 6.61 Å². The standard InChI is InChI=1S/C11H22O5Si/c1-6-11(12)16-8-7-10(2)9-17(13-3,14-4)15-5/h6,10H,1,7-9H2,2-5H3. The van der Waals surface area contributed by atoms with E-state index in [1.807, 2.05) is 6.92 Å². The Morgan fingerprint density at radius 2 is 1.82 bits per heavy atom. The van der Waals surface area contributed by atoms with Crippen molar-refractivity contribution < 1.29 is 22.8 Å². The molecule has 0 aliphatic carbocycles. The zero-order valence-electron chi connectivity index (χ0n) is 11.0. The minimum absolute atomic E-state index is 0.291. The lowest BCUT2D eigenvalue weighted by Gasteiger charge is -2.27. The molecule has 1 unspecified atom stereocenters. The maximum Gasteiger partial charge on any atom is 0.500 e. The fourth-order valence-corrected chi connectivity index (χ4v) is 3.51. The van der Waals surface area contributed by atoms with Gasteiger partial charge in [0.25, 0.3) is 0 Å². The zero-order valence-corrected chi connectivity index (χ0v) is 12.0. The molecular formula is C11H22O5Si. The van der Waals surface area contributed by atoms with Gasteiger partial charge >= 0.3 is 14.8 Å². The number of rotatable bonds is 9. The largest absolute Gasteiger partial charge is 0.500 e. The van der Waals surface area contributed by atoms with E-state index in [1.54, 1.807) is 21.3 Å². The SMILES string of the molecule is C=CC(=O)OCCC(C)C[Si](OC)(OC)OC. The van der Waals surface area contributed by atoms with Crippen LogP contribution in [0.3, 0.4) is 0 Å². The summed E-state index contributed by atoms with van der Waals surface area (Å²) in [6.45, 7) is 5.74. The summed E-state index contributed by atoms with van der Waals surface area (Å²) in [6, 6.07) is 0.697. The topological polar surface area (TPSA) is 54.0 Å². The Hall–Kier alpha value is -0.693. The van der Waals surface area contributed by atoms with Gasteiger partial charge in [0.1, 0.15) is 0 Å². The molecule has 0 aliphatic heterocycles. The normalized spacial score (nSPS) is 13.2. The Balaban J connectivity index is 4.02. The monoisotopic (exact) mass is 262 g/mol. The van der Waals surface area contributed by atoms with Crippen LogP contribution in [0.15, 0.2) is 12.7 Å². The molecule has 0 saturated carbocycles. The van der Waals surface area contributed by atoms with E-state index >= 15 is 0 Å². The van der Waals surface area contributed by atoms with Crippen LogP contribution in [-0.2, 0) is 22.8 Å². The lowest BCUT2D eigenvalue weighted by Crippen LogP contribution is -2.44. The molecular weight excluding hydrogens is 240 g/mol. The van der Waals surface area contributed by atoms with E-state index in [0.29, 0.717) is 18.6 Å². The molecule has 1 atom stereocenters. The summed E-state index contributed by atoms with van der Waals surface area (Å²) in [7, 11) is 2.23. The van der Waals surface area contributed by atoms with Gasteiger partial charge in [-0.2, -0.15) is 0 Å². The van der Waals surface area contributed by atoms with E-state index < -0.39 is 14.8 Å². The average Bonchev–Trinajstić information content (AvgIpc) is 2.36. The first kappa shape index (κ1) is 16.3. The van der Waals surface area contributed by atoms with Crippen molar-refractivity contribution >= 4 is 14.8 Å². The van der Waals surface area contributed by atoms with Crippen LogP contribution in [0, 0.1) is 5.92 Å². The summed E-state index contributed by atoms with van der Waals surface area (Å²) in [6.07, 6.45) is 1.90. The van der Waals surface area contributed by atoms with E-state index in [0.717, 1.165) is 12.5 Å². The van der Waals surface area contributed by atoms with Crippen molar-refractivity contribution in [3.8, 4) is 0 Å². The summed E-state index contributed by atoms with van der Waals surface area (Å²) >= 11 is 0. The van der Waals surface area contributed by atoms with Gasteiger partial charge in [-0.25, -0.2) is 4.79 Å². The minimum Gasteiger partial charge on any atom is -0.463 e. The summed E-state index contributed by atoms with van der Waals surface area (Å²) in [5.74, 6) is -0.106. The Kier molecular flexibility index (Phi) is 8.06. The van der Waals surface area contributed by atoms with Crippen LogP contribution in [0.2, 0.25) is 6.04 Å². The lowest BCUT2D eigenvalue weighted by molar-refractivity contribution is -0.138. The molecule has 0 amide bonds. The number of carbonyl (C=O) groups excluding carboxylic acids is 1. The quantitative estimate of drug-likeness (QED) is 0.359. The van der Waals surface area contributed by atoms with E-state index in [9.17, 15) is 4.79 Å². The van der Waals surface area contributed by atoms with Crippen molar-refractivity contribution in [1.82, 2.24) is 0 Å². The van der Waals surface area contributed by atoms with Gasteiger partial charge in [0.2, 0.25) is 0 Å². The highest BCUT2D eigenvalue weighted by molar-refractivity contribution is 6.60. The minimum atomic E-state index is -2.53. The van der Waals surface area contributed by atoms with Gasteiger partial charge in [-0.05, 0) is 12.3 Å². The summed E-state index contributed by atoms with van der Waals surface area (Å²) < 4.78 is 20.9. The maximum absolute atomic E-state index is 10.8. The molecule has 0 aromatic heterocycles. The molecule has 0 heterocycles. The van der Waals surface area contributed by atoms with Crippen LogP contribution in [0.25, 0.3) is 0 Å². The third-order valence-corrected chi connectivity index (χ3v) is 5.62. The summed E-state index contributed by atoms with van der Waals surface area (Å²) in [5.41, 5.74) is 0. The fourth-order valence-electron chi connectivity index (χ4n) is 1.45. The van der Waals surface area contributed by atoms with Crippen LogP contribution < -0.4 is 0 Å². The molecule has 6 heteroatoms. The number of hydrogen-bond donors (Lipinski definition) is 0. The van der Waals surface area contributed by atoms with Crippen LogP contribution in [0.1, 0.15) is 13.3 Å². The van der Waals surface area contributed by atoms with Crippen molar-refractivity contribution in [1.29, 1.82) is 0 Å². The van der Waals surface area contributed by atoms with Gasteiger partial charge in [-0.3, -0.25) is 0 Å². The van der Waals surface area contributed by atoms with Crippen molar-refractivity contribution in [3.63, 3.8) is 0 Å². The summed E-state index contributed by atoms with van der Waals surface area (Å²) in [4.78, 5) is 10.8. The Labute approximate surface area is 104 Å². The van der Waals surface area contributed by atoms with Gasteiger partial charge in [-0.15, -0.1) is 0 Å². The molecule has 0 rings (SSSR count). The maximum atomic E-state index is 10.8. The third-order valence-electron chi connectivity index (χ3n) is 2.55. The molecule has 0 aliphatic rings. The van der Waals surface area contributed by atoms with Crippen molar-refractivity contribution in [2.75, 3.05) is 27.9 Å². The molecule has 5 nitrogen and oxygen atoms in total. The first-order chi connectivity index (χ1) is 8.03. The first-order valence-corrected chi connectivity index (χ1v) is 7.41. The van der Waals surface area contributed by atoms with E-state index in [-0.39, 0.29) is 0 Å². The Morgan fingerprint density at radius 3 is 2.24 bits per heavy atom. The molecule has 0 radical (unpaired) electrons. The van der Waals surface area contributed by atoms with E-state index in [4.69, 9.17) is 18.0 Å². The third kappa shape index (κ3) is 5.97. The van der Waals surface area contributed by atoms with Crippen molar-refractivity contribution in [2.45, 2.75) is 19.4 Å². The van der Waals surface area contributed by atoms with Crippen LogP contribution in [-0.4, -0.2) is 42.7 Å². The highest BCUT2D eigenvalue weighted by atomic mass is 28.4. The van der Waals surface area contributed by atoms with Crippen LogP contribution >= 0.6 is 0 Å². The number of hydrogen-bond acceptors (Lipinski definition) is 5. The van der Waals surface area contributed by atoms with Crippen LogP contribution in [0.4, 0.5) is 0 Å². The molecule has 0 saturated heterocycles. The zero-order chi connectivity index (χ0) is 13.3. The van der Waals surface area contributed by atoms with Gasteiger partial charge in [0.15, 0.2) is 0 Å². The Bertz CT molecular complexity index is 232. The van der Waals surface area contributed by atoms with E-state index in [2.05, 4.69) is 6.58 Å². The second kappa shape index (κ2) is 8.41. The Morgan fingerprint density at radius 1 is 1.29 bits per heavy atom. The fraction of sp³-hybridized carbons (Fsp3) is 0.727. The van der Waals surface area contributed by atoms with Gasteiger partial charge in [-0.1, -0.05) is 13.5 Å². The molecule has 0 bridgehead atoms. The highest BCUT2D eigenvalue weighted by Gasteiger charge is 2.39. The molecule has 17 heavy (non-hydrogen) atoms. The van der Waals surface area contributed by atoms with Crippen molar-refractivity contribution in [2.24, 2.45) is 5.92 Å². The molecule has 0 fully saturated rings. The second-order valence-electron chi connectivity index (χ2n) is 3.76.